The predicted octanol–water partition coefficient (Wildman–Crippen LogP) is 5.52. The molecule has 166 valence electrons. The number of carboxylic acid groups (broad SMARTS) is 1. The standard InChI is InChI=1S/C18H34O2.2H3N.H2O4S/c1-2-3-4-5-6-7-8-9-10-11-12-13-14-15-16-17-18(19)20;;;1-5(2,3)4/h9-10H,2-8,11-17H2,1H3,(H,19,20);2*1H3;(H2,1,2,3,4)/b10-9-;;;. The molecule has 0 atom stereocenters. The van der Waals surface area contributed by atoms with Crippen molar-refractivity contribution < 1.29 is 27.4 Å². The Balaban J connectivity index is -0.000000333. The van der Waals surface area contributed by atoms with Crippen molar-refractivity contribution in [2.24, 2.45) is 0 Å². The first kappa shape index (κ1) is 33.6. The molecule has 0 aliphatic rings. The lowest BCUT2D eigenvalue weighted by Crippen LogP contribution is -1.93. The van der Waals surface area contributed by atoms with E-state index in [2.05, 4.69) is 19.1 Å². The number of unbranched alkanes of at least 4 members (excludes halogenated alkanes) is 11. The van der Waals surface area contributed by atoms with Crippen molar-refractivity contribution in [3.8, 4) is 0 Å². The van der Waals surface area contributed by atoms with Crippen LogP contribution in [0.1, 0.15) is 96.8 Å². The van der Waals surface area contributed by atoms with E-state index in [1.807, 2.05) is 0 Å². The molecule has 0 heterocycles. The van der Waals surface area contributed by atoms with Gasteiger partial charge >= 0.3 is 5.97 Å². The smallest absolute Gasteiger partial charge is 0.303 e. The van der Waals surface area contributed by atoms with Gasteiger partial charge in [-0.1, -0.05) is 70.4 Å². The first-order valence-electron chi connectivity index (χ1n) is 9.30. The van der Waals surface area contributed by atoms with Gasteiger partial charge in [-0.3, -0.25) is 13.2 Å². The summed E-state index contributed by atoms with van der Waals surface area (Å²) in [6.07, 6.45) is 21.2. The number of rotatable bonds is 15. The van der Waals surface area contributed by atoms with E-state index in [1.54, 1.807) is 0 Å². The molecule has 0 aliphatic carbocycles. The summed E-state index contributed by atoms with van der Waals surface area (Å²) in [5.74, 6) is -0.664. The molecular weight excluding hydrogens is 372 g/mol. The molecular formula is C18H42N2O6S. The van der Waals surface area contributed by atoms with Crippen LogP contribution in [0.5, 0.6) is 0 Å². The van der Waals surface area contributed by atoms with E-state index in [1.165, 1.54) is 70.6 Å². The van der Waals surface area contributed by atoms with Crippen molar-refractivity contribution in [1.29, 1.82) is 0 Å². The maximum absolute atomic E-state index is 10.3. The average Bonchev–Trinajstić information content (AvgIpc) is 2.49. The van der Waals surface area contributed by atoms with E-state index in [-0.39, 0.29) is 12.3 Å². The third kappa shape index (κ3) is 51.7. The molecule has 0 unspecified atom stereocenters. The van der Waals surface area contributed by atoms with Gasteiger partial charge in [0.15, 0.2) is 0 Å². The fourth-order valence-corrected chi connectivity index (χ4v) is 2.35. The molecule has 0 aromatic rings. The summed E-state index contributed by atoms with van der Waals surface area (Å²) < 4.78 is 34.1. The zero-order chi connectivity index (χ0) is 19.4. The van der Waals surface area contributed by atoms with Crippen molar-refractivity contribution in [2.45, 2.75) is 96.8 Å². The lowest BCUT2D eigenvalue weighted by Gasteiger charge is -2.06. The lowest BCUT2D eigenvalue weighted by atomic mass is 10.1. The number of carbonyl (C=O) groups is 1. The van der Waals surface area contributed by atoms with Gasteiger partial charge in [0.25, 0.3) is 0 Å². The van der Waals surface area contributed by atoms with E-state index >= 15 is 0 Å². The Morgan fingerprint density at radius 1 is 0.778 bits per heavy atom. The van der Waals surface area contributed by atoms with Crippen LogP contribution in [0.3, 0.4) is 0 Å². The molecule has 0 spiro atoms. The highest BCUT2D eigenvalue weighted by Gasteiger charge is 1.95. The molecule has 9 N–H and O–H groups in total. The van der Waals surface area contributed by atoms with Crippen molar-refractivity contribution in [1.82, 2.24) is 12.3 Å². The van der Waals surface area contributed by atoms with Crippen LogP contribution in [0.2, 0.25) is 0 Å². The molecule has 0 bridgehead atoms. The van der Waals surface area contributed by atoms with Gasteiger partial charge in [-0.25, -0.2) is 0 Å². The van der Waals surface area contributed by atoms with Gasteiger partial charge in [-0.05, 0) is 32.1 Å². The molecule has 9 heteroatoms. The fraction of sp³-hybridized carbons (Fsp3) is 0.833. The molecule has 0 saturated heterocycles. The van der Waals surface area contributed by atoms with Gasteiger partial charge < -0.3 is 26.5 Å². The summed E-state index contributed by atoms with van der Waals surface area (Å²) in [5.41, 5.74) is 0. The Hall–Kier alpha value is -1.00. The van der Waals surface area contributed by atoms with Crippen molar-refractivity contribution in [3.63, 3.8) is 0 Å². The van der Waals surface area contributed by atoms with Gasteiger partial charge in [-0.2, -0.15) is 0 Å². The van der Waals surface area contributed by atoms with E-state index in [9.17, 15) is 4.79 Å². The Morgan fingerprint density at radius 2 is 1.11 bits per heavy atom. The van der Waals surface area contributed by atoms with Crippen molar-refractivity contribution in [2.75, 3.05) is 0 Å². The topological polar surface area (TPSA) is 191 Å². The molecule has 8 nitrogen and oxygen atoms in total. The molecule has 0 amide bonds. The molecule has 27 heavy (non-hydrogen) atoms. The molecule has 0 fully saturated rings. The highest BCUT2D eigenvalue weighted by Crippen LogP contribution is 2.09. The highest BCUT2D eigenvalue weighted by atomic mass is 32.3. The number of hydrogen-bond donors (Lipinski definition) is 3. The van der Waals surface area contributed by atoms with E-state index < -0.39 is 16.4 Å². The summed E-state index contributed by atoms with van der Waals surface area (Å²) >= 11 is 0. The minimum atomic E-state index is -5.17. The summed E-state index contributed by atoms with van der Waals surface area (Å²) in [6.45, 7) is 2.26. The first-order chi connectivity index (χ1) is 11.8. The second-order valence-electron chi connectivity index (χ2n) is 6.14. The van der Waals surface area contributed by atoms with Crippen LogP contribution in [0, 0.1) is 0 Å². The van der Waals surface area contributed by atoms with Crippen molar-refractivity contribution in [3.05, 3.63) is 12.2 Å². The Labute approximate surface area is 165 Å². The van der Waals surface area contributed by atoms with E-state index in [4.69, 9.17) is 22.6 Å². The van der Waals surface area contributed by atoms with Gasteiger partial charge in [0, 0.05) is 16.8 Å². The van der Waals surface area contributed by atoms with E-state index in [0.29, 0.717) is 6.42 Å². The number of carboxylic acids is 1. The molecule has 0 saturated carbocycles. The quantitative estimate of drug-likeness (QED) is 0.136. The monoisotopic (exact) mass is 414 g/mol. The number of allylic oxidation sites excluding steroid dienone is 2. The van der Waals surface area contributed by atoms with Crippen LogP contribution in [0.15, 0.2) is 12.2 Å². The number of hydrogen-bond acceptors (Lipinski definition) is 5. The van der Waals surface area contributed by atoms with Crippen molar-refractivity contribution >= 4 is 16.4 Å². The molecule has 0 radical (unpaired) electrons. The molecule has 0 rings (SSSR count). The second-order valence-corrected chi connectivity index (χ2v) is 6.95. The van der Waals surface area contributed by atoms with Crippen LogP contribution < -0.4 is 12.3 Å². The van der Waals surface area contributed by atoms with Gasteiger partial charge in [0.1, 0.15) is 0 Å². The summed E-state index contributed by atoms with van der Waals surface area (Å²) in [7, 11) is -5.17. The van der Waals surface area contributed by atoms with Gasteiger partial charge in [0.2, 0.25) is 0 Å². The third-order valence-corrected chi connectivity index (χ3v) is 3.65. The second kappa shape index (κ2) is 25.0. The maximum atomic E-state index is 10.3. The van der Waals surface area contributed by atoms with Gasteiger partial charge in [-0.15, -0.1) is 0 Å². The minimum absolute atomic E-state index is 0. The minimum Gasteiger partial charge on any atom is -0.759 e. The molecule has 0 aliphatic heterocycles. The maximum Gasteiger partial charge on any atom is 0.303 e. The average molecular weight is 415 g/mol. The van der Waals surface area contributed by atoms with Gasteiger partial charge in [0.05, 0.1) is 0 Å². The summed E-state index contributed by atoms with van der Waals surface area (Å²) in [5, 5.41) is 8.51. The molecule has 0 aromatic heterocycles. The Bertz CT molecular complexity index is 420. The normalized spacial score (nSPS) is 10.5. The number of quaternary nitrogens is 2. The fourth-order valence-electron chi connectivity index (χ4n) is 2.35. The zero-order valence-corrected chi connectivity index (χ0v) is 18.3. The Kier molecular flexibility index (Phi) is 31.1. The SMILES string of the molecule is CCCCCCCC/C=C\CCCCCCCC(=O)O.O=S(=O)([O-])[O-].[NH4+].[NH4+]. The van der Waals surface area contributed by atoms with Crippen LogP contribution in [-0.4, -0.2) is 28.6 Å². The molecule has 0 aromatic carbocycles. The van der Waals surface area contributed by atoms with Crippen LogP contribution in [0.25, 0.3) is 0 Å². The highest BCUT2D eigenvalue weighted by molar-refractivity contribution is 7.79. The first-order valence-corrected chi connectivity index (χ1v) is 10.6. The lowest BCUT2D eigenvalue weighted by molar-refractivity contribution is -0.137. The van der Waals surface area contributed by atoms with E-state index in [0.717, 1.165) is 12.8 Å². The summed E-state index contributed by atoms with van der Waals surface area (Å²) in [4.78, 5) is 10.3. The third-order valence-electron chi connectivity index (χ3n) is 3.65. The van der Waals surface area contributed by atoms with Crippen LogP contribution in [-0.2, 0) is 15.2 Å². The largest absolute Gasteiger partial charge is 0.759 e. The summed E-state index contributed by atoms with van der Waals surface area (Å²) in [6, 6.07) is 0. The van der Waals surface area contributed by atoms with Crippen LogP contribution >= 0.6 is 0 Å². The predicted molar refractivity (Wildman–Crippen MR) is 110 cm³/mol. The number of aliphatic carboxylic acids is 1. The van der Waals surface area contributed by atoms with Crippen LogP contribution in [0.4, 0.5) is 0 Å². The zero-order valence-electron chi connectivity index (χ0n) is 17.5. The Morgan fingerprint density at radius 3 is 1.48 bits per heavy atom.